The first kappa shape index (κ1) is 10.7. The van der Waals surface area contributed by atoms with Gasteiger partial charge in [-0.15, -0.1) is 0 Å². The molecule has 0 saturated carbocycles. The number of nitrogens with zero attached hydrogens (tertiary/aromatic N) is 1. The Bertz CT molecular complexity index is 247. The smallest absolute Gasteiger partial charge is 0.410 e. The van der Waals surface area contributed by atoms with Crippen LogP contribution in [0.5, 0.6) is 0 Å². The second-order valence-corrected chi connectivity index (χ2v) is 5.06. The maximum Gasteiger partial charge on any atom is 0.410 e. The highest BCUT2D eigenvalue weighted by atomic mass is 16.6. The fraction of sp³-hybridized carbons (Fsp3) is 0.909. The van der Waals surface area contributed by atoms with Crippen molar-refractivity contribution in [1.29, 1.82) is 0 Å². The van der Waals surface area contributed by atoms with E-state index < -0.39 is 0 Å². The monoisotopic (exact) mass is 212 g/mol. The largest absolute Gasteiger partial charge is 0.447 e. The molecule has 15 heavy (non-hydrogen) atoms. The molecule has 1 atom stereocenters. The zero-order valence-corrected chi connectivity index (χ0v) is 9.58. The quantitative estimate of drug-likeness (QED) is 0.748. The molecule has 4 heteroatoms. The second kappa shape index (κ2) is 4.00. The Hall–Kier alpha value is -0.770. The Morgan fingerprint density at radius 2 is 2.40 bits per heavy atom. The maximum atomic E-state index is 11.7. The van der Waals surface area contributed by atoms with Gasteiger partial charge in [0.05, 0.1) is 5.54 Å². The molecule has 0 bridgehead atoms. The van der Waals surface area contributed by atoms with Gasteiger partial charge in [0.1, 0.15) is 6.61 Å². The number of rotatable bonds is 2. The summed E-state index contributed by atoms with van der Waals surface area (Å²) in [6, 6.07) is 0. The van der Waals surface area contributed by atoms with Crippen molar-refractivity contribution in [3.05, 3.63) is 0 Å². The van der Waals surface area contributed by atoms with Crippen LogP contribution in [0.3, 0.4) is 0 Å². The molecule has 1 amide bonds. The Balaban J connectivity index is 2.11. The fourth-order valence-electron chi connectivity index (χ4n) is 2.48. The van der Waals surface area contributed by atoms with Gasteiger partial charge in [-0.3, -0.25) is 4.90 Å². The van der Waals surface area contributed by atoms with Crippen molar-refractivity contribution in [1.82, 2.24) is 10.2 Å². The van der Waals surface area contributed by atoms with Crippen LogP contribution >= 0.6 is 0 Å². The normalized spacial score (nSPS) is 31.4. The number of nitrogens with one attached hydrogen (secondary N) is 1. The zero-order chi connectivity index (χ0) is 10.9. The van der Waals surface area contributed by atoms with Crippen molar-refractivity contribution < 1.29 is 9.53 Å². The van der Waals surface area contributed by atoms with E-state index in [1.165, 1.54) is 0 Å². The highest BCUT2D eigenvalue weighted by Crippen LogP contribution is 2.31. The van der Waals surface area contributed by atoms with Crippen LogP contribution < -0.4 is 5.32 Å². The number of hydrogen-bond acceptors (Lipinski definition) is 3. The van der Waals surface area contributed by atoms with E-state index in [0.29, 0.717) is 12.5 Å². The fourth-order valence-corrected chi connectivity index (χ4v) is 2.48. The predicted octanol–water partition coefficient (Wildman–Crippen LogP) is 1.22. The van der Waals surface area contributed by atoms with E-state index in [9.17, 15) is 4.79 Å². The van der Waals surface area contributed by atoms with Gasteiger partial charge < -0.3 is 10.1 Å². The molecule has 0 aromatic carbocycles. The van der Waals surface area contributed by atoms with Crippen LogP contribution in [-0.2, 0) is 4.74 Å². The topological polar surface area (TPSA) is 41.6 Å². The highest BCUT2D eigenvalue weighted by Gasteiger charge is 2.47. The van der Waals surface area contributed by atoms with Gasteiger partial charge in [0.15, 0.2) is 0 Å². The van der Waals surface area contributed by atoms with E-state index in [1.807, 2.05) is 4.90 Å². The van der Waals surface area contributed by atoms with Gasteiger partial charge in [0, 0.05) is 13.1 Å². The van der Waals surface area contributed by atoms with Crippen molar-refractivity contribution in [3.8, 4) is 0 Å². The van der Waals surface area contributed by atoms with Gasteiger partial charge in [-0.2, -0.15) is 0 Å². The second-order valence-electron chi connectivity index (χ2n) is 5.06. The molecule has 1 unspecified atom stereocenters. The minimum absolute atomic E-state index is 0.0559. The number of piperidine rings is 1. The van der Waals surface area contributed by atoms with E-state index in [-0.39, 0.29) is 11.6 Å². The Labute approximate surface area is 91.0 Å². The van der Waals surface area contributed by atoms with E-state index >= 15 is 0 Å². The van der Waals surface area contributed by atoms with Crippen molar-refractivity contribution in [2.75, 3.05) is 26.2 Å². The molecule has 2 aliphatic rings. The van der Waals surface area contributed by atoms with Crippen molar-refractivity contribution in [3.63, 3.8) is 0 Å². The summed E-state index contributed by atoms with van der Waals surface area (Å²) in [5, 5.41) is 3.37. The molecule has 2 fully saturated rings. The third-order valence-electron chi connectivity index (χ3n) is 3.25. The SMILES string of the molecule is CC(C)CN1C(=O)OCC12CCCNC2. The van der Waals surface area contributed by atoms with E-state index in [1.54, 1.807) is 0 Å². The van der Waals surface area contributed by atoms with Crippen molar-refractivity contribution >= 4 is 6.09 Å². The van der Waals surface area contributed by atoms with Crippen LogP contribution in [-0.4, -0.2) is 42.8 Å². The molecule has 2 aliphatic heterocycles. The molecule has 4 nitrogen and oxygen atoms in total. The molecule has 0 aromatic rings. The number of carbonyl (C=O) groups is 1. The molecule has 0 radical (unpaired) electrons. The minimum Gasteiger partial charge on any atom is -0.447 e. The van der Waals surface area contributed by atoms with Crippen LogP contribution in [0.2, 0.25) is 0 Å². The van der Waals surface area contributed by atoms with Crippen LogP contribution in [0.1, 0.15) is 26.7 Å². The average molecular weight is 212 g/mol. The van der Waals surface area contributed by atoms with E-state index in [4.69, 9.17) is 4.74 Å². The standard InChI is InChI=1S/C11H20N2O2/c1-9(2)6-13-10(14)15-8-11(13)4-3-5-12-7-11/h9,12H,3-8H2,1-2H3. The van der Waals surface area contributed by atoms with Crippen LogP contribution in [0, 0.1) is 5.92 Å². The lowest BCUT2D eigenvalue weighted by Crippen LogP contribution is -2.57. The molecule has 0 aliphatic carbocycles. The molecular formula is C11H20N2O2. The average Bonchev–Trinajstić information content (AvgIpc) is 2.48. The molecule has 2 saturated heterocycles. The first-order chi connectivity index (χ1) is 7.14. The van der Waals surface area contributed by atoms with Gasteiger partial charge in [-0.1, -0.05) is 13.8 Å². The van der Waals surface area contributed by atoms with Crippen molar-refractivity contribution in [2.45, 2.75) is 32.2 Å². The number of cyclic esters (lactones) is 1. The minimum atomic E-state index is -0.132. The summed E-state index contributed by atoms with van der Waals surface area (Å²) in [6.07, 6.45) is 2.07. The molecule has 1 spiro atoms. The predicted molar refractivity (Wildman–Crippen MR) is 57.7 cm³/mol. The van der Waals surface area contributed by atoms with Crippen LogP contribution in [0.15, 0.2) is 0 Å². The van der Waals surface area contributed by atoms with Gasteiger partial charge in [0.2, 0.25) is 0 Å². The summed E-state index contributed by atoms with van der Waals surface area (Å²) in [4.78, 5) is 13.6. The maximum absolute atomic E-state index is 11.7. The van der Waals surface area contributed by atoms with Gasteiger partial charge >= 0.3 is 6.09 Å². The van der Waals surface area contributed by atoms with Crippen molar-refractivity contribution in [2.24, 2.45) is 5.92 Å². The number of carbonyl (C=O) groups excluding carboxylic acids is 1. The van der Waals surface area contributed by atoms with Crippen LogP contribution in [0.25, 0.3) is 0 Å². The first-order valence-electron chi connectivity index (χ1n) is 5.79. The highest BCUT2D eigenvalue weighted by molar-refractivity contribution is 5.71. The van der Waals surface area contributed by atoms with E-state index in [2.05, 4.69) is 19.2 Å². The lowest BCUT2D eigenvalue weighted by atomic mass is 9.89. The zero-order valence-electron chi connectivity index (χ0n) is 9.58. The Kier molecular flexibility index (Phi) is 2.87. The van der Waals surface area contributed by atoms with Crippen LogP contribution in [0.4, 0.5) is 4.79 Å². The number of amides is 1. The Morgan fingerprint density at radius 3 is 3.00 bits per heavy atom. The number of ether oxygens (including phenoxy) is 1. The van der Waals surface area contributed by atoms with Gasteiger partial charge in [-0.05, 0) is 25.3 Å². The molecule has 0 aromatic heterocycles. The summed E-state index contributed by atoms with van der Waals surface area (Å²) in [5.41, 5.74) is -0.0559. The summed E-state index contributed by atoms with van der Waals surface area (Å²) >= 11 is 0. The summed E-state index contributed by atoms with van der Waals surface area (Å²) < 4.78 is 5.21. The van der Waals surface area contributed by atoms with E-state index in [0.717, 1.165) is 32.5 Å². The molecule has 1 N–H and O–H groups in total. The molecule has 2 heterocycles. The third kappa shape index (κ3) is 1.95. The molecular weight excluding hydrogens is 192 g/mol. The van der Waals surface area contributed by atoms with Gasteiger partial charge in [0.25, 0.3) is 0 Å². The first-order valence-corrected chi connectivity index (χ1v) is 5.79. The summed E-state index contributed by atoms with van der Waals surface area (Å²) in [5.74, 6) is 0.495. The molecule has 2 rings (SSSR count). The third-order valence-corrected chi connectivity index (χ3v) is 3.25. The lowest BCUT2D eigenvalue weighted by Gasteiger charge is -2.39. The Morgan fingerprint density at radius 1 is 1.60 bits per heavy atom. The number of hydrogen-bond donors (Lipinski definition) is 1. The summed E-state index contributed by atoms with van der Waals surface area (Å²) in [6.45, 7) is 7.58. The molecule has 86 valence electrons. The summed E-state index contributed by atoms with van der Waals surface area (Å²) in [7, 11) is 0. The van der Waals surface area contributed by atoms with Gasteiger partial charge in [-0.25, -0.2) is 4.79 Å². The lowest BCUT2D eigenvalue weighted by molar-refractivity contribution is 0.119.